The summed E-state index contributed by atoms with van der Waals surface area (Å²) in [5, 5.41) is 13.6. The van der Waals surface area contributed by atoms with Crippen molar-refractivity contribution in [2.75, 3.05) is 6.54 Å². The topological polar surface area (TPSA) is 58.4 Å². The first-order chi connectivity index (χ1) is 9.18. The quantitative estimate of drug-likeness (QED) is 0.850. The van der Waals surface area contributed by atoms with Gasteiger partial charge in [-0.1, -0.05) is 24.3 Å². The summed E-state index contributed by atoms with van der Waals surface area (Å²) in [5.41, 5.74) is 3.17. The number of aromatic nitrogens is 2. The van der Waals surface area contributed by atoms with Crippen molar-refractivity contribution >= 4 is 6.09 Å². The molecule has 1 aliphatic rings. The highest BCUT2D eigenvalue weighted by Gasteiger charge is 2.33. The molecule has 1 N–H and O–H groups in total. The predicted molar refractivity (Wildman–Crippen MR) is 69.9 cm³/mol. The largest absolute Gasteiger partial charge is 0.465 e. The molecule has 2 heterocycles. The molecule has 1 amide bonds. The highest BCUT2D eigenvalue weighted by atomic mass is 16.4. The fourth-order valence-electron chi connectivity index (χ4n) is 2.74. The fourth-order valence-corrected chi connectivity index (χ4v) is 2.74. The van der Waals surface area contributed by atoms with Crippen molar-refractivity contribution in [3.63, 3.8) is 0 Å². The van der Waals surface area contributed by atoms with Gasteiger partial charge in [-0.25, -0.2) is 4.79 Å². The van der Waals surface area contributed by atoms with Gasteiger partial charge in [-0.3, -0.25) is 9.58 Å². The molecule has 0 saturated carbocycles. The average Bonchev–Trinajstić information content (AvgIpc) is 2.83. The second kappa shape index (κ2) is 4.42. The third-order valence-electron chi connectivity index (χ3n) is 3.67. The summed E-state index contributed by atoms with van der Waals surface area (Å²) in [6, 6.07) is 9.63. The molecular formula is C14H15N3O2. The van der Waals surface area contributed by atoms with Gasteiger partial charge in [0.05, 0.1) is 5.69 Å². The van der Waals surface area contributed by atoms with Gasteiger partial charge in [-0.2, -0.15) is 5.10 Å². The summed E-state index contributed by atoms with van der Waals surface area (Å²) >= 11 is 0. The summed E-state index contributed by atoms with van der Waals surface area (Å²) in [6.45, 7) is 0.516. The minimum Gasteiger partial charge on any atom is -0.465 e. The summed E-state index contributed by atoms with van der Waals surface area (Å²) in [7, 11) is 1.84. The smallest absolute Gasteiger partial charge is 0.408 e. The molecule has 0 aliphatic carbocycles. The molecular weight excluding hydrogens is 242 g/mol. The van der Waals surface area contributed by atoms with E-state index in [4.69, 9.17) is 0 Å². The fraction of sp³-hybridized carbons (Fsp3) is 0.286. The van der Waals surface area contributed by atoms with Crippen molar-refractivity contribution in [1.82, 2.24) is 14.7 Å². The monoisotopic (exact) mass is 257 g/mol. The Morgan fingerprint density at radius 2 is 2.16 bits per heavy atom. The van der Waals surface area contributed by atoms with E-state index in [1.165, 1.54) is 10.5 Å². The van der Waals surface area contributed by atoms with E-state index in [9.17, 15) is 9.90 Å². The number of carbonyl (C=O) groups is 1. The summed E-state index contributed by atoms with van der Waals surface area (Å²) in [4.78, 5) is 13.0. The summed E-state index contributed by atoms with van der Waals surface area (Å²) in [6.07, 6.45) is 1.57. The Hall–Kier alpha value is -2.30. The lowest BCUT2D eigenvalue weighted by molar-refractivity contribution is 0.127. The predicted octanol–water partition coefficient (Wildman–Crippen LogP) is 2.05. The van der Waals surface area contributed by atoms with Gasteiger partial charge in [0.25, 0.3) is 0 Å². The average molecular weight is 257 g/mol. The van der Waals surface area contributed by atoms with E-state index in [0.29, 0.717) is 6.54 Å². The molecule has 0 spiro atoms. The van der Waals surface area contributed by atoms with Crippen LogP contribution in [0.1, 0.15) is 22.9 Å². The standard InChI is InChI=1S/C14H15N3O2/c1-16-12(6-8-15-16)13-11-5-3-2-4-10(11)7-9-17(13)14(18)19/h2-6,8,13H,7,9H2,1H3,(H,18,19). The van der Waals surface area contributed by atoms with E-state index in [0.717, 1.165) is 17.7 Å². The molecule has 2 aromatic rings. The highest BCUT2D eigenvalue weighted by Crippen LogP contribution is 2.34. The molecule has 1 aliphatic heterocycles. The van der Waals surface area contributed by atoms with Crippen molar-refractivity contribution in [1.29, 1.82) is 0 Å². The minimum atomic E-state index is -0.888. The first kappa shape index (κ1) is 11.8. The number of aryl methyl sites for hydroxylation is 1. The zero-order chi connectivity index (χ0) is 13.4. The number of benzene rings is 1. The van der Waals surface area contributed by atoms with Crippen molar-refractivity contribution in [3.05, 3.63) is 53.3 Å². The van der Waals surface area contributed by atoms with E-state index < -0.39 is 6.09 Å². The van der Waals surface area contributed by atoms with E-state index in [2.05, 4.69) is 11.2 Å². The van der Waals surface area contributed by atoms with E-state index >= 15 is 0 Å². The summed E-state index contributed by atoms with van der Waals surface area (Å²) in [5.74, 6) is 0. The van der Waals surface area contributed by atoms with Crippen molar-refractivity contribution in [2.24, 2.45) is 7.05 Å². The molecule has 0 bridgehead atoms. The Morgan fingerprint density at radius 1 is 1.37 bits per heavy atom. The Bertz CT molecular complexity index is 621. The molecule has 1 atom stereocenters. The van der Waals surface area contributed by atoms with Crippen LogP contribution in [0.15, 0.2) is 36.5 Å². The van der Waals surface area contributed by atoms with Crippen LogP contribution in [0.5, 0.6) is 0 Å². The molecule has 19 heavy (non-hydrogen) atoms. The maximum atomic E-state index is 11.5. The maximum Gasteiger partial charge on any atom is 0.408 e. The van der Waals surface area contributed by atoms with Gasteiger partial charge in [-0.05, 0) is 23.6 Å². The van der Waals surface area contributed by atoms with Crippen LogP contribution in [-0.4, -0.2) is 32.4 Å². The molecule has 1 unspecified atom stereocenters. The number of nitrogens with zero attached hydrogens (tertiary/aromatic N) is 3. The molecule has 5 nitrogen and oxygen atoms in total. The number of amides is 1. The van der Waals surface area contributed by atoms with Crippen LogP contribution in [0, 0.1) is 0 Å². The maximum absolute atomic E-state index is 11.5. The number of rotatable bonds is 1. The lowest BCUT2D eigenvalue weighted by Gasteiger charge is -2.35. The Balaban J connectivity index is 2.15. The van der Waals surface area contributed by atoms with Gasteiger partial charge in [-0.15, -0.1) is 0 Å². The van der Waals surface area contributed by atoms with Crippen molar-refractivity contribution in [2.45, 2.75) is 12.5 Å². The van der Waals surface area contributed by atoms with Crippen LogP contribution in [0.25, 0.3) is 0 Å². The van der Waals surface area contributed by atoms with Crippen LogP contribution in [0.4, 0.5) is 4.79 Å². The van der Waals surface area contributed by atoms with Crippen LogP contribution < -0.4 is 0 Å². The molecule has 98 valence electrons. The van der Waals surface area contributed by atoms with Crippen LogP contribution in [0.2, 0.25) is 0 Å². The molecule has 0 radical (unpaired) electrons. The van der Waals surface area contributed by atoms with Crippen LogP contribution in [-0.2, 0) is 13.5 Å². The van der Waals surface area contributed by atoms with Gasteiger partial charge < -0.3 is 5.11 Å². The Morgan fingerprint density at radius 3 is 2.84 bits per heavy atom. The molecule has 1 aromatic carbocycles. The third-order valence-corrected chi connectivity index (χ3v) is 3.67. The van der Waals surface area contributed by atoms with E-state index in [1.54, 1.807) is 10.9 Å². The number of hydrogen-bond acceptors (Lipinski definition) is 2. The van der Waals surface area contributed by atoms with E-state index in [-0.39, 0.29) is 6.04 Å². The Labute approximate surface area is 111 Å². The second-order valence-electron chi connectivity index (χ2n) is 4.71. The van der Waals surface area contributed by atoms with Gasteiger partial charge in [0.2, 0.25) is 0 Å². The van der Waals surface area contributed by atoms with Gasteiger partial charge in [0.1, 0.15) is 6.04 Å². The third kappa shape index (κ3) is 1.87. The normalized spacial score (nSPS) is 18.2. The molecule has 5 heteroatoms. The molecule has 0 saturated heterocycles. The van der Waals surface area contributed by atoms with Crippen LogP contribution >= 0.6 is 0 Å². The lowest BCUT2D eigenvalue weighted by Crippen LogP contribution is -2.40. The highest BCUT2D eigenvalue weighted by molar-refractivity contribution is 5.67. The molecule has 3 rings (SSSR count). The Kier molecular flexibility index (Phi) is 2.74. The van der Waals surface area contributed by atoms with Gasteiger partial charge in [0, 0.05) is 19.8 Å². The number of carboxylic acid groups (broad SMARTS) is 1. The van der Waals surface area contributed by atoms with Crippen LogP contribution in [0.3, 0.4) is 0 Å². The minimum absolute atomic E-state index is 0.269. The summed E-state index contributed by atoms with van der Waals surface area (Å²) < 4.78 is 1.74. The van der Waals surface area contributed by atoms with Gasteiger partial charge >= 0.3 is 6.09 Å². The zero-order valence-electron chi connectivity index (χ0n) is 10.7. The van der Waals surface area contributed by atoms with E-state index in [1.807, 2.05) is 31.3 Å². The van der Waals surface area contributed by atoms with Crippen molar-refractivity contribution < 1.29 is 9.90 Å². The second-order valence-corrected chi connectivity index (χ2v) is 4.71. The zero-order valence-corrected chi connectivity index (χ0v) is 10.7. The van der Waals surface area contributed by atoms with Crippen molar-refractivity contribution in [3.8, 4) is 0 Å². The van der Waals surface area contributed by atoms with Gasteiger partial charge in [0.15, 0.2) is 0 Å². The lowest BCUT2D eigenvalue weighted by atomic mass is 9.91. The SMILES string of the molecule is Cn1nccc1C1c2ccccc2CCN1C(=O)O. The molecule has 0 fully saturated rings. The first-order valence-corrected chi connectivity index (χ1v) is 6.24. The number of fused-ring (bicyclic) bond motifs is 1. The molecule has 1 aromatic heterocycles. The number of hydrogen-bond donors (Lipinski definition) is 1. The first-order valence-electron chi connectivity index (χ1n) is 6.24.